The number of aryl methyl sites for hydroxylation is 1. The summed E-state index contributed by atoms with van der Waals surface area (Å²) in [5.41, 5.74) is 6.96. The summed E-state index contributed by atoms with van der Waals surface area (Å²) < 4.78 is 11.1. The first-order valence-corrected chi connectivity index (χ1v) is 14.8. The highest BCUT2D eigenvalue weighted by molar-refractivity contribution is 8.93. The molecule has 3 aliphatic carbocycles. The number of fused-ring (bicyclic) bond motifs is 4. The van der Waals surface area contributed by atoms with Crippen molar-refractivity contribution < 1.29 is 14.6 Å². The number of ether oxygens (including phenoxy) is 2. The molecule has 1 N–H and O–H groups in total. The van der Waals surface area contributed by atoms with Crippen molar-refractivity contribution in [3.63, 3.8) is 0 Å². The fraction of sp³-hybridized carbons (Fsp3) is 0.636. The molecule has 4 atom stereocenters. The molecule has 0 bridgehead atoms. The van der Waals surface area contributed by atoms with E-state index < -0.39 is 0 Å². The first kappa shape index (κ1) is 32.1. The second kappa shape index (κ2) is 14.5. The van der Waals surface area contributed by atoms with E-state index in [4.69, 9.17) is 9.47 Å². The van der Waals surface area contributed by atoms with Crippen LogP contribution < -0.4 is 9.47 Å². The zero-order chi connectivity index (χ0) is 25.9. The van der Waals surface area contributed by atoms with Gasteiger partial charge in [0.2, 0.25) is 0 Å². The van der Waals surface area contributed by atoms with Gasteiger partial charge in [-0.3, -0.25) is 4.90 Å². The van der Waals surface area contributed by atoms with Crippen molar-refractivity contribution in [2.24, 2.45) is 17.8 Å². The molecule has 1 saturated heterocycles. The van der Waals surface area contributed by atoms with E-state index in [9.17, 15) is 5.11 Å². The normalized spacial score (nSPS) is 25.1. The predicted octanol–water partition coefficient (Wildman–Crippen LogP) is 7.90. The first-order chi connectivity index (χ1) is 18.0. The van der Waals surface area contributed by atoms with Crippen molar-refractivity contribution in [3.05, 3.63) is 52.1 Å². The van der Waals surface area contributed by atoms with Crippen LogP contribution in [0.15, 0.2) is 24.3 Å². The number of aromatic hydroxyl groups is 1. The maximum Gasteiger partial charge on any atom is 0.163 e. The van der Waals surface area contributed by atoms with Crippen molar-refractivity contribution in [1.29, 1.82) is 0 Å². The average Bonchev–Trinajstić information content (AvgIpc) is 2.92. The minimum absolute atomic E-state index is 0. The van der Waals surface area contributed by atoms with Gasteiger partial charge in [-0.2, -0.15) is 0 Å². The van der Waals surface area contributed by atoms with E-state index in [0.29, 0.717) is 11.8 Å². The standard InChI is InChI=1S/C17H25NO2.C16H22O.BrH.ClH/c1-3-8-18-9-4-5-13-10-14-12(11-15(13)18)6-7-16(19)17(14)20-2;1-11-7-8-14-9-12-5-3-4-6-13(12)10-15(14)16(11)17-2;;/h6-7,13,15,19H,3-5,8-11H2,1-2H3;7-8,12-13H,3-6,9-10H2,1-2H3;2*1H/t13-,15-;12-,13-;;/m00../s1. The third-order valence-corrected chi connectivity index (χ3v) is 9.75. The maximum atomic E-state index is 9.96. The Hall–Kier alpha value is -1.43. The zero-order valence-electron chi connectivity index (χ0n) is 24.3. The van der Waals surface area contributed by atoms with Gasteiger partial charge in [0.1, 0.15) is 5.75 Å². The van der Waals surface area contributed by atoms with Gasteiger partial charge in [0, 0.05) is 11.6 Å². The Kier molecular flexibility index (Phi) is 11.9. The molecule has 2 aromatic carbocycles. The molecular formula is C33H49BrClNO3. The average molecular weight is 623 g/mol. The highest BCUT2D eigenvalue weighted by atomic mass is 79.9. The minimum Gasteiger partial charge on any atom is -0.504 e. The minimum atomic E-state index is 0. The number of nitrogens with zero attached hydrogens (tertiary/aromatic N) is 1. The van der Waals surface area contributed by atoms with Crippen LogP contribution in [0.1, 0.15) is 79.7 Å². The molecule has 1 saturated carbocycles. The molecule has 2 aromatic rings. The monoisotopic (exact) mass is 621 g/mol. The van der Waals surface area contributed by atoms with E-state index >= 15 is 0 Å². The number of phenolic OH excluding ortho intramolecular Hbond substituents is 1. The van der Waals surface area contributed by atoms with Crippen molar-refractivity contribution in [1.82, 2.24) is 4.90 Å². The van der Waals surface area contributed by atoms with Crippen molar-refractivity contribution in [2.45, 2.75) is 90.5 Å². The lowest BCUT2D eigenvalue weighted by Gasteiger charge is -2.45. The number of hydrogen-bond acceptors (Lipinski definition) is 4. The van der Waals surface area contributed by atoms with Crippen LogP contribution in [0, 0.1) is 24.7 Å². The quantitative estimate of drug-likeness (QED) is 0.376. The van der Waals surface area contributed by atoms with Crippen molar-refractivity contribution in [3.8, 4) is 17.2 Å². The SMILES string of the molecule is Br.CCCN1CCC[C@H]2Cc3c(ccc(O)c3OC)C[C@@H]21.COc1c(C)ccc2c1C[C@@H]1CCCC[C@H]1C2.Cl. The van der Waals surface area contributed by atoms with Crippen molar-refractivity contribution >= 4 is 29.4 Å². The second-order valence-electron chi connectivity index (χ2n) is 11.9. The number of benzene rings is 2. The van der Waals surface area contributed by atoms with Gasteiger partial charge < -0.3 is 14.6 Å². The van der Waals surface area contributed by atoms with Gasteiger partial charge in [0.25, 0.3) is 0 Å². The Morgan fingerprint density at radius 3 is 2.08 bits per heavy atom. The molecule has 0 radical (unpaired) electrons. The molecule has 4 aliphatic rings. The highest BCUT2D eigenvalue weighted by Crippen LogP contribution is 2.44. The molecule has 2 fully saturated rings. The number of likely N-dealkylation sites (tertiary alicyclic amines) is 1. The summed E-state index contributed by atoms with van der Waals surface area (Å²) in [6.45, 7) is 6.89. The highest BCUT2D eigenvalue weighted by Gasteiger charge is 2.36. The molecule has 0 unspecified atom stereocenters. The van der Waals surface area contributed by atoms with Gasteiger partial charge in [0.05, 0.1) is 14.2 Å². The molecule has 1 heterocycles. The Labute approximate surface area is 253 Å². The Balaban J connectivity index is 0.000000207. The molecule has 6 heteroatoms. The summed E-state index contributed by atoms with van der Waals surface area (Å²) in [6, 6.07) is 9.11. The summed E-state index contributed by atoms with van der Waals surface area (Å²) in [7, 11) is 3.47. The zero-order valence-corrected chi connectivity index (χ0v) is 26.9. The molecule has 0 aromatic heterocycles. The van der Waals surface area contributed by atoms with E-state index in [-0.39, 0.29) is 35.1 Å². The van der Waals surface area contributed by atoms with Crippen LogP contribution in [0.4, 0.5) is 0 Å². The Morgan fingerprint density at radius 2 is 1.38 bits per heavy atom. The number of phenols is 1. The van der Waals surface area contributed by atoms with Gasteiger partial charge in [-0.05, 0) is 124 Å². The molecule has 6 rings (SSSR count). The summed E-state index contributed by atoms with van der Waals surface area (Å²) >= 11 is 0. The van der Waals surface area contributed by atoms with Gasteiger partial charge >= 0.3 is 0 Å². The third-order valence-electron chi connectivity index (χ3n) is 9.75. The van der Waals surface area contributed by atoms with Crippen molar-refractivity contribution in [2.75, 3.05) is 27.3 Å². The predicted molar refractivity (Wildman–Crippen MR) is 169 cm³/mol. The molecule has 4 nitrogen and oxygen atoms in total. The van der Waals surface area contributed by atoms with Crippen LogP contribution in [0.5, 0.6) is 17.2 Å². The molecular weight excluding hydrogens is 574 g/mol. The summed E-state index contributed by atoms with van der Waals surface area (Å²) in [6.07, 6.45) is 14.3. The number of piperidine rings is 1. The Bertz CT molecular complexity index is 1090. The van der Waals surface area contributed by atoms with Gasteiger partial charge in [0.15, 0.2) is 11.5 Å². The van der Waals surface area contributed by atoms with E-state index in [1.54, 1.807) is 18.7 Å². The lowest BCUT2D eigenvalue weighted by Crippen LogP contribution is -2.49. The van der Waals surface area contributed by atoms with Crippen LogP contribution in [0.3, 0.4) is 0 Å². The van der Waals surface area contributed by atoms with Crippen LogP contribution >= 0.6 is 29.4 Å². The summed E-state index contributed by atoms with van der Waals surface area (Å²) in [5, 5.41) is 9.96. The van der Waals surface area contributed by atoms with E-state index in [2.05, 4.69) is 36.9 Å². The van der Waals surface area contributed by atoms with Crippen LogP contribution in [0.25, 0.3) is 0 Å². The number of rotatable bonds is 4. The molecule has 39 heavy (non-hydrogen) atoms. The topological polar surface area (TPSA) is 41.9 Å². The van der Waals surface area contributed by atoms with Gasteiger partial charge in [-0.15, -0.1) is 29.4 Å². The van der Waals surface area contributed by atoms with Gasteiger partial charge in [-0.25, -0.2) is 0 Å². The fourth-order valence-corrected chi connectivity index (χ4v) is 7.95. The number of halogens is 2. The summed E-state index contributed by atoms with van der Waals surface area (Å²) in [4.78, 5) is 2.68. The van der Waals surface area contributed by atoms with Crippen LogP contribution in [0.2, 0.25) is 0 Å². The largest absolute Gasteiger partial charge is 0.504 e. The number of hydrogen-bond donors (Lipinski definition) is 1. The summed E-state index contributed by atoms with van der Waals surface area (Å²) in [5.74, 6) is 4.74. The molecule has 0 amide bonds. The lowest BCUT2D eigenvalue weighted by molar-refractivity contribution is 0.0848. The fourth-order valence-electron chi connectivity index (χ4n) is 7.95. The smallest absolute Gasteiger partial charge is 0.163 e. The van der Waals surface area contributed by atoms with E-state index in [1.807, 2.05) is 7.11 Å². The van der Waals surface area contributed by atoms with Crippen LogP contribution in [-0.2, 0) is 25.7 Å². The molecule has 1 aliphatic heterocycles. The van der Waals surface area contributed by atoms with Gasteiger partial charge in [-0.1, -0.05) is 38.0 Å². The third kappa shape index (κ3) is 6.73. The lowest BCUT2D eigenvalue weighted by atomic mass is 9.68. The number of methoxy groups -OCH3 is 2. The van der Waals surface area contributed by atoms with E-state index in [0.717, 1.165) is 36.3 Å². The Morgan fingerprint density at radius 1 is 0.795 bits per heavy atom. The molecule has 218 valence electrons. The first-order valence-electron chi connectivity index (χ1n) is 14.8. The second-order valence-corrected chi connectivity index (χ2v) is 11.9. The van der Waals surface area contributed by atoms with E-state index in [1.165, 1.54) is 93.1 Å². The van der Waals surface area contributed by atoms with Crippen LogP contribution in [-0.4, -0.2) is 43.4 Å². The molecule has 0 spiro atoms. The maximum absolute atomic E-state index is 9.96.